The van der Waals surface area contributed by atoms with E-state index in [-0.39, 0.29) is 6.61 Å². The molecule has 22 heavy (non-hydrogen) atoms. The molecule has 1 aromatic rings. The highest BCUT2D eigenvalue weighted by molar-refractivity contribution is 5.60. The fourth-order valence-corrected chi connectivity index (χ4v) is 1.97. The molecule has 0 saturated carbocycles. The van der Waals surface area contributed by atoms with Gasteiger partial charge >= 0.3 is 6.16 Å². The fourth-order valence-electron chi connectivity index (χ4n) is 1.97. The van der Waals surface area contributed by atoms with Crippen molar-refractivity contribution in [2.24, 2.45) is 0 Å². The molecule has 0 radical (unpaired) electrons. The van der Waals surface area contributed by atoms with Crippen LogP contribution in [-0.2, 0) is 16.1 Å². The number of benzene rings is 1. The highest BCUT2D eigenvalue weighted by Gasteiger charge is 2.01. The van der Waals surface area contributed by atoms with Crippen LogP contribution in [0, 0.1) is 0 Å². The molecule has 3 nitrogen and oxygen atoms in total. The van der Waals surface area contributed by atoms with E-state index in [4.69, 9.17) is 9.47 Å². The van der Waals surface area contributed by atoms with Gasteiger partial charge in [0.1, 0.15) is 6.61 Å². The average Bonchev–Trinajstić information content (AvgIpc) is 2.55. The van der Waals surface area contributed by atoms with E-state index in [1.807, 2.05) is 36.4 Å². The van der Waals surface area contributed by atoms with Gasteiger partial charge in [-0.05, 0) is 44.2 Å². The van der Waals surface area contributed by atoms with Crippen molar-refractivity contribution in [3.05, 3.63) is 60.4 Å². The summed E-state index contributed by atoms with van der Waals surface area (Å²) in [4.78, 5) is 11.3. The Hall–Kier alpha value is -2.03. The molecular formula is C19H26O3. The molecule has 0 aromatic heterocycles. The van der Waals surface area contributed by atoms with Gasteiger partial charge in [0.2, 0.25) is 0 Å². The van der Waals surface area contributed by atoms with E-state index in [0.717, 1.165) is 18.4 Å². The lowest BCUT2D eigenvalue weighted by Gasteiger charge is -2.02. The topological polar surface area (TPSA) is 35.5 Å². The molecule has 0 amide bonds. The summed E-state index contributed by atoms with van der Waals surface area (Å²) in [5, 5.41) is 0. The Balaban J connectivity index is 1.97. The molecule has 0 unspecified atom stereocenters. The number of carbonyl (C=O) groups is 1. The van der Waals surface area contributed by atoms with Gasteiger partial charge in [0, 0.05) is 0 Å². The zero-order chi connectivity index (χ0) is 15.9. The molecule has 0 aliphatic rings. The van der Waals surface area contributed by atoms with Crippen LogP contribution in [-0.4, -0.2) is 6.16 Å². The number of ether oxygens (including phenoxy) is 2. The maximum Gasteiger partial charge on any atom is 0.513 e. The van der Waals surface area contributed by atoms with Crippen LogP contribution in [0.3, 0.4) is 0 Å². The normalized spacial score (nSPS) is 11.1. The molecule has 0 N–H and O–H groups in total. The van der Waals surface area contributed by atoms with Gasteiger partial charge in [-0.1, -0.05) is 55.3 Å². The van der Waals surface area contributed by atoms with Crippen LogP contribution in [0.4, 0.5) is 4.79 Å². The predicted molar refractivity (Wildman–Crippen MR) is 89.4 cm³/mol. The Bertz CT molecular complexity index is 449. The summed E-state index contributed by atoms with van der Waals surface area (Å²) in [6.07, 6.45) is 13.8. The minimum atomic E-state index is -0.661. The molecule has 0 heterocycles. The number of hydrogen-bond acceptors (Lipinski definition) is 3. The van der Waals surface area contributed by atoms with Crippen LogP contribution >= 0.6 is 0 Å². The van der Waals surface area contributed by atoms with Gasteiger partial charge in [-0.25, -0.2) is 4.79 Å². The summed E-state index contributed by atoms with van der Waals surface area (Å²) >= 11 is 0. The summed E-state index contributed by atoms with van der Waals surface area (Å²) in [6.45, 7) is 2.29. The Morgan fingerprint density at radius 3 is 2.36 bits per heavy atom. The van der Waals surface area contributed by atoms with Crippen LogP contribution in [0.2, 0.25) is 0 Å². The van der Waals surface area contributed by atoms with Gasteiger partial charge in [-0.15, -0.1) is 0 Å². The third-order valence-corrected chi connectivity index (χ3v) is 3.19. The van der Waals surface area contributed by atoms with E-state index >= 15 is 0 Å². The smallest absolute Gasteiger partial charge is 0.429 e. The maximum atomic E-state index is 11.3. The van der Waals surface area contributed by atoms with Crippen molar-refractivity contribution in [3.8, 4) is 0 Å². The van der Waals surface area contributed by atoms with Crippen molar-refractivity contribution in [2.75, 3.05) is 0 Å². The summed E-state index contributed by atoms with van der Waals surface area (Å²) < 4.78 is 9.86. The second-order valence-corrected chi connectivity index (χ2v) is 5.07. The van der Waals surface area contributed by atoms with E-state index in [9.17, 15) is 4.79 Å². The summed E-state index contributed by atoms with van der Waals surface area (Å²) in [6, 6.07) is 9.54. The van der Waals surface area contributed by atoms with Crippen molar-refractivity contribution >= 4 is 6.16 Å². The van der Waals surface area contributed by atoms with Crippen molar-refractivity contribution < 1.29 is 14.3 Å². The monoisotopic (exact) mass is 302 g/mol. The molecule has 0 aliphatic carbocycles. The second kappa shape index (κ2) is 12.7. The van der Waals surface area contributed by atoms with Crippen LogP contribution in [0.15, 0.2) is 54.8 Å². The SMILES string of the molecule is C/C=C/CCCCCC/C=C/OC(=O)OCc1ccccc1. The van der Waals surface area contributed by atoms with E-state index in [1.54, 1.807) is 0 Å². The third kappa shape index (κ3) is 9.81. The Morgan fingerprint density at radius 2 is 1.68 bits per heavy atom. The number of unbranched alkanes of at least 4 members (excludes halogenated alkanes) is 5. The van der Waals surface area contributed by atoms with Gasteiger partial charge < -0.3 is 9.47 Å². The van der Waals surface area contributed by atoms with Crippen molar-refractivity contribution in [2.45, 2.75) is 52.1 Å². The molecule has 0 saturated heterocycles. The Morgan fingerprint density at radius 1 is 1.00 bits per heavy atom. The lowest BCUT2D eigenvalue weighted by molar-refractivity contribution is 0.0785. The van der Waals surface area contributed by atoms with Crippen molar-refractivity contribution in [3.63, 3.8) is 0 Å². The van der Waals surface area contributed by atoms with E-state index in [1.165, 1.54) is 31.9 Å². The van der Waals surface area contributed by atoms with Gasteiger partial charge in [-0.2, -0.15) is 0 Å². The zero-order valence-electron chi connectivity index (χ0n) is 13.4. The van der Waals surface area contributed by atoms with Gasteiger partial charge in [0.05, 0.1) is 6.26 Å². The molecule has 0 bridgehead atoms. The van der Waals surface area contributed by atoms with Crippen molar-refractivity contribution in [1.82, 2.24) is 0 Å². The molecule has 1 rings (SSSR count). The number of carbonyl (C=O) groups excluding carboxylic acids is 1. The van der Waals surface area contributed by atoms with Crippen LogP contribution in [0.25, 0.3) is 0 Å². The highest BCUT2D eigenvalue weighted by Crippen LogP contribution is 2.07. The minimum Gasteiger partial charge on any atom is -0.429 e. The number of rotatable bonds is 10. The van der Waals surface area contributed by atoms with Crippen molar-refractivity contribution in [1.29, 1.82) is 0 Å². The van der Waals surface area contributed by atoms with Crippen LogP contribution in [0.5, 0.6) is 0 Å². The fraction of sp³-hybridized carbons (Fsp3) is 0.421. The maximum absolute atomic E-state index is 11.3. The van der Waals surface area contributed by atoms with Crippen LogP contribution < -0.4 is 0 Å². The van der Waals surface area contributed by atoms with Gasteiger partial charge in [-0.3, -0.25) is 0 Å². The molecule has 0 spiro atoms. The molecule has 0 fully saturated rings. The average molecular weight is 302 g/mol. The molecule has 120 valence electrons. The first-order chi connectivity index (χ1) is 10.8. The largest absolute Gasteiger partial charge is 0.513 e. The first-order valence-electron chi connectivity index (χ1n) is 7.96. The van der Waals surface area contributed by atoms with E-state index < -0.39 is 6.16 Å². The predicted octanol–water partition coefficient (Wildman–Crippen LogP) is 5.77. The molecule has 3 heteroatoms. The van der Waals surface area contributed by atoms with E-state index in [0.29, 0.717) is 0 Å². The Kier molecular flexibility index (Phi) is 10.4. The number of hydrogen-bond donors (Lipinski definition) is 0. The summed E-state index contributed by atoms with van der Waals surface area (Å²) in [5.74, 6) is 0. The lowest BCUT2D eigenvalue weighted by atomic mass is 10.1. The zero-order valence-corrected chi connectivity index (χ0v) is 13.4. The molecule has 0 aliphatic heterocycles. The minimum absolute atomic E-state index is 0.236. The lowest BCUT2D eigenvalue weighted by Crippen LogP contribution is -2.03. The quantitative estimate of drug-likeness (QED) is 0.238. The van der Waals surface area contributed by atoms with Crippen LogP contribution in [0.1, 0.15) is 51.0 Å². The van der Waals surface area contributed by atoms with Gasteiger partial charge in [0.25, 0.3) is 0 Å². The van der Waals surface area contributed by atoms with Gasteiger partial charge in [0.15, 0.2) is 0 Å². The highest BCUT2D eigenvalue weighted by atomic mass is 16.7. The first-order valence-corrected chi connectivity index (χ1v) is 7.96. The molecule has 0 atom stereocenters. The first kappa shape index (κ1) is 18.0. The molecule has 1 aromatic carbocycles. The number of allylic oxidation sites excluding steroid dienone is 3. The van der Waals surface area contributed by atoms with E-state index in [2.05, 4.69) is 19.1 Å². The Labute approximate surface area is 133 Å². The third-order valence-electron chi connectivity index (χ3n) is 3.19. The second-order valence-electron chi connectivity index (χ2n) is 5.07. The summed E-state index contributed by atoms with van der Waals surface area (Å²) in [7, 11) is 0. The molecular weight excluding hydrogens is 276 g/mol. The summed E-state index contributed by atoms with van der Waals surface area (Å²) in [5.41, 5.74) is 0.946. The standard InChI is InChI=1S/C19H26O3/c1-2-3-4-5-6-7-8-9-13-16-21-19(20)22-17-18-14-11-10-12-15-18/h2-3,10-16H,4-9,17H2,1H3/b3-2+,16-13+.